The number of amides is 1. The number of nitriles is 1. The number of carbonyl (C=O) groups is 1. The molecule has 0 aliphatic heterocycles. The maximum absolute atomic E-state index is 12.0. The maximum Gasteiger partial charge on any atom is 0.263 e. The highest BCUT2D eigenvalue weighted by molar-refractivity contribution is 9.10. The molecule has 122 valence electrons. The topological polar surface area (TPSA) is 77.8 Å². The molecule has 2 aromatic rings. The lowest BCUT2D eigenvalue weighted by atomic mass is 10.1. The normalized spacial score (nSPS) is 10.8. The van der Waals surface area contributed by atoms with Crippen molar-refractivity contribution >= 4 is 21.8 Å². The smallest absolute Gasteiger partial charge is 0.263 e. The third kappa shape index (κ3) is 5.52. The van der Waals surface area contributed by atoms with Gasteiger partial charge in [0.2, 0.25) is 0 Å². The van der Waals surface area contributed by atoms with E-state index in [0.29, 0.717) is 13.1 Å². The van der Waals surface area contributed by atoms with Crippen molar-refractivity contribution in [3.63, 3.8) is 0 Å². The summed E-state index contributed by atoms with van der Waals surface area (Å²) in [4.78, 5) is 16.0. The van der Waals surface area contributed by atoms with E-state index in [4.69, 9.17) is 5.26 Å². The summed E-state index contributed by atoms with van der Waals surface area (Å²) in [5.74, 6) is -0.408. The van der Waals surface area contributed by atoms with Crippen LogP contribution >= 0.6 is 15.9 Å². The summed E-state index contributed by atoms with van der Waals surface area (Å²) in [6.45, 7) is 0.965. The first-order valence-electron chi connectivity index (χ1n) is 7.45. The number of benzene rings is 1. The molecule has 0 spiro atoms. The molecule has 0 bridgehead atoms. The summed E-state index contributed by atoms with van der Waals surface area (Å²) in [5, 5.41) is 14.8. The zero-order valence-corrected chi connectivity index (χ0v) is 14.6. The first-order valence-corrected chi connectivity index (χ1v) is 8.24. The van der Waals surface area contributed by atoms with Gasteiger partial charge >= 0.3 is 0 Å². The van der Waals surface area contributed by atoms with Crippen molar-refractivity contribution in [2.75, 3.05) is 6.54 Å². The number of rotatable bonds is 7. The van der Waals surface area contributed by atoms with E-state index in [-0.39, 0.29) is 5.57 Å². The van der Waals surface area contributed by atoms with Crippen molar-refractivity contribution in [3.05, 3.63) is 76.2 Å². The molecule has 0 radical (unpaired) electrons. The van der Waals surface area contributed by atoms with E-state index in [9.17, 15) is 4.79 Å². The van der Waals surface area contributed by atoms with Crippen LogP contribution in [0.2, 0.25) is 0 Å². The molecule has 1 aromatic carbocycles. The average Bonchev–Trinajstić information content (AvgIpc) is 2.62. The fraction of sp³-hybridized carbons (Fsp3) is 0.167. The van der Waals surface area contributed by atoms with Crippen LogP contribution in [0.15, 0.2) is 65.0 Å². The van der Waals surface area contributed by atoms with E-state index < -0.39 is 5.91 Å². The van der Waals surface area contributed by atoms with E-state index in [1.165, 1.54) is 6.20 Å². The summed E-state index contributed by atoms with van der Waals surface area (Å²) in [7, 11) is 0. The molecule has 6 heteroatoms. The average molecular weight is 385 g/mol. The van der Waals surface area contributed by atoms with Gasteiger partial charge in [0.1, 0.15) is 11.6 Å². The highest BCUT2D eigenvalue weighted by Gasteiger charge is 2.08. The molecule has 1 amide bonds. The quantitative estimate of drug-likeness (QED) is 0.437. The maximum atomic E-state index is 12.0. The van der Waals surface area contributed by atoms with Gasteiger partial charge in [-0.2, -0.15) is 5.26 Å². The first-order chi connectivity index (χ1) is 11.7. The fourth-order valence-electron chi connectivity index (χ4n) is 2.01. The van der Waals surface area contributed by atoms with Gasteiger partial charge in [-0.05, 0) is 29.7 Å². The van der Waals surface area contributed by atoms with Crippen molar-refractivity contribution in [3.8, 4) is 6.07 Å². The molecule has 0 saturated carbocycles. The van der Waals surface area contributed by atoms with Gasteiger partial charge in [-0.1, -0.05) is 40.2 Å². The zero-order chi connectivity index (χ0) is 17.2. The minimum absolute atomic E-state index is 0.0472. The SMILES string of the molecule is N#C/C(=C/NCCc1ccccc1Br)C(=O)NCc1cccnc1. The number of nitrogens with zero attached hydrogens (tertiary/aromatic N) is 2. The molecule has 5 nitrogen and oxygen atoms in total. The van der Waals surface area contributed by atoms with Crippen LogP contribution in [-0.2, 0) is 17.8 Å². The van der Waals surface area contributed by atoms with E-state index in [0.717, 1.165) is 22.0 Å². The monoisotopic (exact) mass is 384 g/mol. The van der Waals surface area contributed by atoms with Gasteiger partial charge in [-0.15, -0.1) is 0 Å². The first kappa shape index (κ1) is 17.7. The van der Waals surface area contributed by atoms with Crippen LogP contribution in [0, 0.1) is 11.3 Å². The van der Waals surface area contributed by atoms with Gasteiger partial charge < -0.3 is 10.6 Å². The molecular weight excluding hydrogens is 368 g/mol. The Hall–Kier alpha value is -2.65. The highest BCUT2D eigenvalue weighted by Crippen LogP contribution is 2.15. The van der Waals surface area contributed by atoms with Crippen molar-refractivity contribution in [2.45, 2.75) is 13.0 Å². The summed E-state index contributed by atoms with van der Waals surface area (Å²) < 4.78 is 1.05. The van der Waals surface area contributed by atoms with Gasteiger partial charge in [0.15, 0.2) is 0 Å². The molecule has 0 unspecified atom stereocenters. The van der Waals surface area contributed by atoms with Crippen LogP contribution in [0.4, 0.5) is 0 Å². The Bertz CT molecular complexity index is 753. The summed E-state index contributed by atoms with van der Waals surface area (Å²) in [6, 6.07) is 13.5. The Morgan fingerprint density at radius 3 is 2.83 bits per heavy atom. The number of nitrogens with one attached hydrogen (secondary N) is 2. The third-order valence-corrected chi connectivity index (χ3v) is 4.06. The fourth-order valence-corrected chi connectivity index (χ4v) is 2.49. The van der Waals surface area contributed by atoms with Crippen LogP contribution in [0.3, 0.4) is 0 Å². The number of aromatic nitrogens is 1. The van der Waals surface area contributed by atoms with E-state index >= 15 is 0 Å². The molecule has 0 saturated heterocycles. The summed E-state index contributed by atoms with van der Waals surface area (Å²) in [5.41, 5.74) is 2.09. The van der Waals surface area contributed by atoms with E-state index in [2.05, 4.69) is 31.5 Å². The van der Waals surface area contributed by atoms with Gasteiger partial charge in [-0.25, -0.2) is 0 Å². The van der Waals surface area contributed by atoms with Crippen LogP contribution in [-0.4, -0.2) is 17.4 Å². The molecule has 2 rings (SSSR count). The van der Waals surface area contributed by atoms with Crippen molar-refractivity contribution in [2.24, 2.45) is 0 Å². The number of halogens is 1. The minimum Gasteiger partial charge on any atom is -0.389 e. The number of pyridine rings is 1. The molecule has 2 N–H and O–H groups in total. The Balaban J connectivity index is 1.81. The van der Waals surface area contributed by atoms with E-state index in [1.54, 1.807) is 18.5 Å². The largest absolute Gasteiger partial charge is 0.389 e. The van der Waals surface area contributed by atoms with Crippen molar-refractivity contribution < 1.29 is 4.79 Å². The number of hydrogen-bond acceptors (Lipinski definition) is 4. The predicted molar refractivity (Wildman–Crippen MR) is 95.6 cm³/mol. The lowest BCUT2D eigenvalue weighted by Crippen LogP contribution is -2.25. The Morgan fingerprint density at radius 2 is 2.12 bits per heavy atom. The molecule has 0 aliphatic rings. The van der Waals surface area contributed by atoms with E-state index in [1.807, 2.05) is 36.4 Å². The second-order valence-corrected chi connectivity index (χ2v) is 5.86. The predicted octanol–water partition coefficient (Wildman–Crippen LogP) is 2.70. The Morgan fingerprint density at radius 1 is 1.29 bits per heavy atom. The van der Waals surface area contributed by atoms with Gasteiger partial charge in [-0.3, -0.25) is 9.78 Å². The summed E-state index contributed by atoms with van der Waals surface area (Å²) in [6.07, 6.45) is 5.58. The van der Waals surface area contributed by atoms with Gasteiger partial charge in [0.05, 0.1) is 0 Å². The molecule has 0 aliphatic carbocycles. The third-order valence-electron chi connectivity index (χ3n) is 3.28. The second kappa shape index (κ2) is 9.48. The zero-order valence-electron chi connectivity index (χ0n) is 13.0. The molecule has 24 heavy (non-hydrogen) atoms. The second-order valence-electron chi connectivity index (χ2n) is 5.01. The Kier molecular flexibility index (Phi) is 6.99. The van der Waals surface area contributed by atoms with Gasteiger partial charge in [0.25, 0.3) is 5.91 Å². The van der Waals surface area contributed by atoms with Crippen LogP contribution < -0.4 is 10.6 Å². The molecule has 0 fully saturated rings. The van der Waals surface area contributed by atoms with Gasteiger partial charge in [0, 0.05) is 36.2 Å². The molecule has 0 atom stereocenters. The molecule has 1 aromatic heterocycles. The van der Waals surface area contributed by atoms with Crippen LogP contribution in [0.5, 0.6) is 0 Å². The number of hydrogen-bond donors (Lipinski definition) is 2. The van der Waals surface area contributed by atoms with Crippen LogP contribution in [0.1, 0.15) is 11.1 Å². The molecular formula is C18H17BrN4O. The highest BCUT2D eigenvalue weighted by atomic mass is 79.9. The van der Waals surface area contributed by atoms with Crippen LogP contribution in [0.25, 0.3) is 0 Å². The standard InChI is InChI=1S/C18H17BrN4O/c19-17-6-2-1-5-15(17)7-9-22-13-16(10-20)18(24)23-12-14-4-3-8-21-11-14/h1-6,8,11,13,22H,7,9,12H2,(H,23,24)/b16-13-. The lowest BCUT2D eigenvalue weighted by Gasteiger charge is -2.06. The van der Waals surface area contributed by atoms with Crippen molar-refractivity contribution in [1.82, 2.24) is 15.6 Å². The number of carbonyl (C=O) groups excluding carboxylic acids is 1. The lowest BCUT2D eigenvalue weighted by molar-refractivity contribution is -0.117. The molecule has 1 heterocycles. The Labute approximate surface area is 149 Å². The van der Waals surface area contributed by atoms with Crippen molar-refractivity contribution in [1.29, 1.82) is 5.26 Å². The minimum atomic E-state index is -0.408. The summed E-state index contributed by atoms with van der Waals surface area (Å²) >= 11 is 3.49.